The number of carbonyl (C=O) groups excluding carboxylic acids is 2. The molecule has 0 aromatic heterocycles. The zero-order valence-electron chi connectivity index (χ0n) is 22.3. The Balaban J connectivity index is 3.48. The first-order chi connectivity index (χ1) is 15.8. The molecule has 1 atom stereocenters. The summed E-state index contributed by atoms with van der Waals surface area (Å²) in [4.78, 5) is 23.8. The fraction of sp³-hybridized carbons (Fsp3) is 0.852. The minimum atomic E-state index is -1.19. The number of unbranched alkanes of at least 4 members (excludes halogenated alkanes) is 10. The fourth-order valence-electron chi connectivity index (χ4n) is 3.49. The zero-order chi connectivity index (χ0) is 24.8. The molecule has 0 aliphatic heterocycles. The maximum atomic E-state index is 11.9. The van der Waals surface area contributed by atoms with Gasteiger partial charge in [-0.05, 0) is 57.4 Å². The van der Waals surface area contributed by atoms with Crippen LogP contribution < -0.4 is 11.1 Å². The molecule has 1 amide bonds. The first-order valence-electron chi connectivity index (χ1n) is 13.6. The Bertz CT molecular complexity index is 518. The largest absolute Gasteiger partial charge is 0.465 e. The number of ether oxygens (including phenoxy) is 1. The Labute approximate surface area is 205 Å². The lowest BCUT2D eigenvalue weighted by atomic mass is 10.1. The van der Waals surface area contributed by atoms with E-state index in [0.29, 0.717) is 26.0 Å². The van der Waals surface area contributed by atoms with Crippen LogP contribution in [0.15, 0.2) is 12.2 Å². The van der Waals surface area contributed by atoms with E-state index >= 15 is 0 Å². The molecule has 0 aromatic rings. The molecule has 0 bridgehead atoms. The lowest BCUT2D eigenvalue weighted by molar-refractivity contribution is -0.144. The highest BCUT2D eigenvalue weighted by Crippen LogP contribution is 2.10. The van der Waals surface area contributed by atoms with E-state index in [-0.39, 0.29) is 11.9 Å². The van der Waals surface area contributed by atoms with Crippen molar-refractivity contribution in [3.63, 3.8) is 0 Å². The molecular formula is C27H54N2O3Si. The number of nitrogens with two attached hydrogens (primary N) is 1. The number of hydrogen-bond acceptors (Lipinski definition) is 4. The van der Waals surface area contributed by atoms with Crippen molar-refractivity contribution in [3.05, 3.63) is 12.2 Å². The monoisotopic (exact) mass is 482 g/mol. The molecule has 0 fully saturated rings. The molecule has 5 nitrogen and oxygen atoms in total. The SMILES string of the molecule is CCCCCCCC=CCCCCCCC(=O)NCCCC[C@H](N)C(=O)OCC[Si](C)(C)C. The van der Waals surface area contributed by atoms with E-state index in [1.165, 1.54) is 51.4 Å². The van der Waals surface area contributed by atoms with Crippen molar-refractivity contribution in [1.82, 2.24) is 5.32 Å². The van der Waals surface area contributed by atoms with Gasteiger partial charge in [-0.3, -0.25) is 9.59 Å². The van der Waals surface area contributed by atoms with Crippen LogP contribution in [0, 0.1) is 0 Å². The summed E-state index contributed by atoms with van der Waals surface area (Å²) in [7, 11) is -1.19. The van der Waals surface area contributed by atoms with Crippen LogP contribution in [0.2, 0.25) is 25.7 Å². The van der Waals surface area contributed by atoms with Crippen LogP contribution in [-0.2, 0) is 14.3 Å². The Morgan fingerprint density at radius 2 is 1.48 bits per heavy atom. The van der Waals surface area contributed by atoms with Crippen LogP contribution in [0.1, 0.15) is 103 Å². The van der Waals surface area contributed by atoms with Gasteiger partial charge in [-0.1, -0.05) is 77.2 Å². The third-order valence-electron chi connectivity index (χ3n) is 5.83. The maximum Gasteiger partial charge on any atom is 0.322 e. The quantitative estimate of drug-likeness (QED) is 0.0775. The maximum absolute atomic E-state index is 11.9. The molecule has 0 aliphatic carbocycles. The topological polar surface area (TPSA) is 81.4 Å². The molecule has 3 N–H and O–H groups in total. The summed E-state index contributed by atoms with van der Waals surface area (Å²) in [5, 5.41) is 2.98. The summed E-state index contributed by atoms with van der Waals surface area (Å²) in [6.45, 7) is 10.2. The van der Waals surface area contributed by atoms with Gasteiger partial charge in [0.2, 0.25) is 5.91 Å². The third kappa shape index (κ3) is 23.8. The summed E-state index contributed by atoms with van der Waals surface area (Å²) in [6.07, 6.45) is 21.1. The third-order valence-corrected chi connectivity index (χ3v) is 7.53. The summed E-state index contributed by atoms with van der Waals surface area (Å²) in [5.74, 6) is -0.164. The summed E-state index contributed by atoms with van der Waals surface area (Å²) < 4.78 is 5.29. The van der Waals surface area contributed by atoms with Gasteiger partial charge in [-0.25, -0.2) is 0 Å². The van der Waals surface area contributed by atoms with E-state index in [1.54, 1.807) is 0 Å². The average Bonchev–Trinajstić information content (AvgIpc) is 2.75. The van der Waals surface area contributed by atoms with E-state index in [0.717, 1.165) is 38.1 Å². The number of carbonyl (C=O) groups is 2. The Morgan fingerprint density at radius 1 is 0.879 bits per heavy atom. The minimum absolute atomic E-state index is 0.132. The Morgan fingerprint density at radius 3 is 2.09 bits per heavy atom. The molecule has 33 heavy (non-hydrogen) atoms. The predicted molar refractivity (Wildman–Crippen MR) is 144 cm³/mol. The number of hydrogen-bond donors (Lipinski definition) is 2. The first-order valence-corrected chi connectivity index (χ1v) is 17.3. The second-order valence-electron chi connectivity index (χ2n) is 10.6. The van der Waals surface area contributed by atoms with Crippen molar-refractivity contribution in [1.29, 1.82) is 0 Å². The van der Waals surface area contributed by atoms with Gasteiger partial charge in [0, 0.05) is 21.0 Å². The molecule has 0 aliphatic rings. The van der Waals surface area contributed by atoms with Crippen LogP contribution in [0.4, 0.5) is 0 Å². The fourth-order valence-corrected chi connectivity index (χ4v) is 4.21. The smallest absolute Gasteiger partial charge is 0.322 e. The highest BCUT2D eigenvalue weighted by molar-refractivity contribution is 6.76. The molecular weight excluding hydrogens is 428 g/mol. The van der Waals surface area contributed by atoms with Gasteiger partial charge in [0.05, 0.1) is 6.61 Å². The highest BCUT2D eigenvalue weighted by atomic mass is 28.3. The average molecular weight is 483 g/mol. The molecule has 0 heterocycles. The van der Waals surface area contributed by atoms with Crippen molar-refractivity contribution in [2.45, 2.75) is 135 Å². The summed E-state index contributed by atoms with van der Waals surface area (Å²) in [6, 6.07) is 0.413. The number of amides is 1. The Hall–Kier alpha value is -1.14. The van der Waals surface area contributed by atoms with E-state index in [9.17, 15) is 9.59 Å². The van der Waals surface area contributed by atoms with Crippen molar-refractivity contribution in [3.8, 4) is 0 Å². The molecule has 0 saturated carbocycles. The molecule has 0 rings (SSSR count). The number of nitrogens with one attached hydrogen (secondary N) is 1. The van der Waals surface area contributed by atoms with Gasteiger partial charge in [0.1, 0.15) is 6.04 Å². The van der Waals surface area contributed by atoms with Gasteiger partial charge in [-0.15, -0.1) is 0 Å². The lowest BCUT2D eigenvalue weighted by Gasteiger charge is -2.17. The number of rotatable bonds is 22. The second kappa shape index (κ2) is 21.4. The van der Waals surface area contributed by atoms with Gasteiger partial charge in [0.25, 0.3) is 0 Å². The minimum Gasteiger partial charge on any atom is -0.465 e. The molecule has 194 valence electrons. The zero-order valence-corrected chi connectivity index (χ0v) is 23.3. The van der Waals surface area contributed by atoms with Crippen molar-refractivity contribution >= 4 is 20.0 Å². The molecule has 0 spiro atoms. The van der Waals surface area contributed by atoms with E-state index in [4.69, 9.17) is 10.5 Å². The Kier molecular flexibility index (Phi) is 20.7. The van der Waals surface area contributed by atoms with Crippen molar-refractivity contribution in [2.75, 3.05) is 13.2 Å². The van der Waals surface area contributed by atoms with Crippen LogP contribution >= 0.6 is 0 Å². The van der Waals surface area contributed by atoms with E-state index in [2.05, 4.69) is 44.0 Å². The van der Waals surface area contributed by atoms with Crippen molar-refractivity contribution in [2.24, 2.45) is 5.73 Å². The van der Waals surface area contributed by atoms with Crippen LogP contribution in [0.25, 0.3) is 0 Å². The molecule has 0 aromatic carbocycles. The van der Waals surface area contributed by atoms with Gasteiger partial charge >= 0.3 is 5.97 Å². The van der Waals surface area contributed by atoms with E-state index in [1.807, 2.05) is 0 Å². The number of allylic oxidation sites excluding steroid dienone is 2. The predicted octanol–water partition coefficient (Wildman–Crippen LogP) is 6.74. The summed E-state index contributed by atoms with van der Waals surface area (Å²) >= 11 is 0. The van der Waals surface area contributed by atoms with Gasteiger partial charge < -0.3 is 15.8 Å². The van der Waals surface area contributed by atoms with E-state index < -0.39 is 14.1 Å². The van der Waals surface area contributed by atoms with Gasteiger partial charge in [-0.2, -0.15) is 0 Å². The first kappa shape index (κ1) is 31.9. The normalized spacial score (nSPS) is 12.8. The molecule has 0 unspecified atom stereocenters. The highest BCUT2D eigenvalue weighted by Gasteiger charge is 2.17. The van der Waals surface area contributed by atoms with Crippen LogP contribution in [-0.4, -0.2) is 39.1 Å². The molecule has 6 heteroatoms. The number of esters is 1. The second-order valence-corrected chi connectivity index (χ2v) is 16.2. The van der Waals surface area contributed by atoms with Crippen LogP contribution in [0.3, 0.4) is 0 Å². The lowest BCUT2D eigenvalue weighted by Crippen LogP contribution is -2.34. The summed E-state index contributed by atoms with van der Waals surface area (Å²) in [5.41, 5.74) is 5.92. The van der Waals surface area contributed by atoms with Crippen molar-refractivity contribution < 1.29 is 14.3 Å². The van der Waals surface area contributed by atoms with Crippen LogP contribution in [0.5, 0.6) is 0 Å². The molecule has 0 radical (unpaired) electrons. The van der Waals surface area contributed by atoms with Gasteiger partial charge in [0.15, 0.2) is 0 Å². The standard InChI is InChI=1S/C27H54N2O3Si/c1-5-6-7-8-9-10-11-12-13-14-15-16-17-21-26(30)29-22-19-18-20-25(28)27(31)32-23-24-33(2,3)4/h11-12,25H,5-10,13-24,28H2,1-4H3,(H,29,30)/t25-/m0/s1. The molecule has 0 saturated heterocycles.